The highest BCUT2D eigenvalue weighted by Gasteiger charge is 2.42. The maximum Gasteiger partial charge on any atom is 0.416 e. The van der Waals surface area contributed by atoms with Gasteiger partial charge in [0.1, 0.15) is 5.82 Å². The molecule has 1 atom stereocenters. The molecule has 0 N–H and O–H groups in total. The van der Waals surface area contributed by atoms with Crippen LogP contribution in [0.25, 0.3) is 0 Å². The van der Waals surface area contributed by atoms with E-state index in [1.165, 1.54) is 18.3 Å². The van der Waals surface area contributed by atoms with Crippen molar-refractivity contribution in [1.82, 2.24) is 10.2 Å². The molecule has 1 aliphatic rings. The van der Waals surface area contributed by atoms with Crippen LogP contribution in [0, 0.1) is 17.7 Å². The summed E-state index contributed by atoms with van der Waals surface area (Å²) in [6.07, 6.45) is -8.87. The topological polar surface area (TPSA) is 55.3 Å². The summed E-state index contributed by atoms with van der Waals surface area (Å²) in [5.74, 6) is 2.72. The molecule has 1 aromatic heterocycles. The summed E-state index contributed by atoms with van der Waals surface area (Å²) in [5.41, 5.74) is -3.01. The molecule has 0 saturated carbocycles. The van der Waals surface area contributed by atoms with Crippen LogP contribution in [0.3, 0.4) is 0 Å². The summed E-state index contributed by atoms with van der Waals surface area (Å²) in [4.78, 5) is 14.7. The summed E-state index contributed by atoms with van der Waals surface area (Å²) < 4.78 is 100. The van der Waals surface area contributed by atoms with Gasteiger partial charge in [-0.05, 0) is 60.4 Å². The van der Waals surface area contributed by atoms with Crippen molar-refractivity contribution < 1.29 is 40.3 Å². The van der Waals surface area contributed by atoms with Crippen LogP contribution in [-0.2, 0) is 23.6 Å². The van der Waals surface area contributed by atoms with Gasteiger partial charge in [0.05, 0.1) is 23.6 Å². The molecular weight excluding hydrogens is 519 g/mol. The zero-order chi connectivity index (χ0) is 27.5. The number of ether oxygens (including phenoxy) is 1. The molecule has 3 aromatic rings. The fourth-order valence-corrected chi connectivity index (χ4v) is 4.14. The average Bonchev–Trinajstić information content (AvgIpc) is 2.99. The number of rotatable bonds is 4. The van der Waals surface area contributed by atoms with Gasteiger partial charge in [0.25, 0.3) is 0 Å². The van der Waals surface area contributed by atoms with Crippen molar-refractivity contribution in [2.75, 3.05) is 18.1 Å². The minimum absolute atomic E-state index is 0.00821. The summed E-state index contributed by atoms with van der Waals surface area (Å²) in [6, 6.07) is 7.94. The second-order valence-corrected chi connectivity index (χ2v) is 8.29. The molecule has 2 aromatic carbocycles. The average molecular weight is 537 g/mol. The zero-order valence-electron chi connectivity index (χ0n) is 19.4. The third kappa shape index (κ3) is 6.04. The number of halogens is 7. The fraction of sp³-hybridized carbons (Fsp3) is 0.269. The Morgan fingerprint density at radius 3 is 2.47 bits per heavy atom. The predicted molar refractivity (Wildman–Crippen MR) is 122 cm³/mol. The van der Waals surface area contributed by atoms with Crippen LogP contribution >= 0.6 is 0 Å². The van der Waals surface area contributed by atoms with Crippen LogP contribution in [0.4, 0.5) is 36.4 Å². The molecule has 4 rings (SSSR count). The molecule has 0 radical (unpaired) electrons. The second kappa shape index (κ2) is 10.7. The molecule has 0 fully saturated rings. The second-order valence-electron chi connectivity index (χ2n) is 8.29. The molecule has 0 spiro atoms. The molecule has 1 aliphatic heterocycles. The highest BCUT2D eigenvalue weighted by atomic mass is 19.4. The first-order valence-electron chi connectivity index (χ1n) is 11.2. The first-order chi connectivity index (χ1) is 17.9. The van der Waals surface area contributed by atoms with E-state index in [0.29, 0.717) is 17.7 Å². The maximum absolute atomic E-state index is 13.9. The number of alkyl halides is 6. The third-order valence-electron chi connectivity index (χ3n) is 5.86. The fourth-order valence-electron chi connectivity index (χ4n) is 4.14. The molecule has 2 heterocycles. The van der Waals surface area contributed by atoms with Crippen LogP contribution < -0.4 is 9.64 Å². The van der Waals surface area contributed by atoms with E-state index in [-0.39, 0.29) is 43.6 Å². The van der Waals surface area contributed by atoms with E-state index in [4.69, 9.17) is 4.74 Å². The van der Waals surface area contributed by atoms with E-state index in [9.17, 15) is 35.5 Å². The lowest BCUT2D eigenvalue weighted by molar-refractivity contribution is -0.143. The highest BCUT2D eigenvalue weighted by Crippen LogP contribution is 2.42. The summed E-state index contributed by atoms with van der Waals surface area (Å²) in [5, 5.41) is 7.36. The third-order valence-corrected chi connectivity index (χ3v) is 5.86. The van der Waals surface area contributed by atoms with Crippen molar-refractivity contribution in [3.63, 3.8) is 0 Å². The van der Waals surface area contributed by atoms with E-state index >= 15 is 0 Å². The number of hydrogen-bond acceptors (Lipinski definition) is 4. The summed E-state index contributed by atoms with van der Waals surface area (Å²) >= 11 is 0. The quantitative estimate of drug-likeness (QED) is 0.312. The van der Waals surface area contributed by atoms with Gasteiger partial charge in [0.2, 0.25) is 11.8 Å². The Morgan fingerprint density at radius 2 is 1.79 bits per heavy atom. The number of aryl methyl sites for hydroxylation is 1. The number of fused-ring (bicyclic) bond motifs is 1. The van der Waals surface area contributed by atoms with E-state index in [0.717, 1.165) is 11.0 Å². The standard InChI is InChI=1S/C26H18F7N3O2/c27-18-7-10-22-16(14-18)5-8-20(19-9-6-17(25(28,29)30)15-21(19)26(31,32)33)24(37)36(22)12-1-2-13-38-23-4-3-11-34-35-23/h3-4,6-7,9-11,14-15,20H,5,8,12-13H2. The summed E-state index contributed by atoms with van der Waals surface area (Å²) in [6.45, 7) is -0.405. The number of nitrogens with zero attached hydrogens (tertiary/aromatic N) is 3. The smallest absolute Gasteiger partial charge is 0.416 e. The van der Waals surface area contributed by atoms with Crippen molar-refractivity contribution >= 4 is 11.6 Å². The van der Waals surface area contributed by atoms with E-state index in [1.54, 1.807) is 12.1 Å². The monoisotopic (exact) mass is 537 g/mol. The Labute approximate surface area is 212 Å². The molecule has 12 heteroatoms. The number of benzene rings is 2. The van der Waals surface area contributed by atoms with Crippen molar-refractivity contribution in [3.05, 3.63) is 82.8 Å². The highest BCUT2D eigenvalue weighted by molar-refractivity contribution is 6.00. The van der Waals surface area contributed by atoms with Gasteiger partial charge in [0, 0.05) is 18.0 Å². The van der Waals surface area contributed by atoms with Crippen LogP contribution in [0.5, 0.6) is 5.88 Å². The SMILES string of the molecule is O=C1C(c2ccc(C(F)(F)F)cc2C(F)(F)F)CCc2cc(F)ccc2N1CC#CCOc1cccnn1. The minimum Gasteiger partial charge on any atom is -0.463 e. The van der Waals surface area contributed by atoms with Crippen molar-refractivity contribution in [2.24, 2.45) is 0 Å². The number of aromatic nitrogens is 2. The maximum atomic E-state index is 13.9. The van der Waals surface area contributed by atoms with E-state index < -0.39 is 46.7 Å². The van der Waals surface area contributed by atoms with Gasteiger partial charge in [-0.2, -0.15) is 31.4 Å². The lowest BCUT2D eigenvalue weighted by Crippen LogP contribution is -2.35. The normalized spacial score (nSPS) is 15.8. The lowest BCUT2D eigenvalue weighted by Gasteiger charge is -2.26. The van der Waals surface area contributed by atoms with Crippen LogP contribution in [0.15, 0.2) is 54.7 Å². The van der Waals surface area contributed by atoms with E-state index in [1.807, 2.05) is 0 Å². The molecule has 0 saturated heterocycles. The number of anilines is 1. The van der Waals surface area contributed by atoms with Crippen molar-refractivity contribution in [1.29, 1.82) is 0 Å². The molecule has 0 aliphatic carbocycles. The van der Waals surface area contributed by atoms with Gasteiger partial charge in [-0.3, -0.25) is 9.69 Å². The van der Waals surface area contributed by atoms with Crippen molar-refractivity contribution in [2.45, 2.75) is 31.1 Å². The molecule has 38 heavy (non-hydrogen) atoms. The first-order valence-corrected chi connectivity index (χ1v) is 11.2. The molecule has 198 valence electrons. The Hall–Kier alpha value is -4.14. The molecular formula is C26H18F7N3O2. The first kappa shape index (κ1) is 26.9. The number of hydrogen-bond donors (Lipinski definition) is 0. The lowest BCUT2D eigenvalue weighted by atomic mass is 9.88. The predicted octanol–water partition coefficient (Wildman–Crippen LogP) is 5.80. The Balaban J connectivity index is 1.68. The molecule has 1 unspecified atom stereocenters. The summed E-state index contributed by atoms with van der Waals surface area (Å²) in [7, 11) is 0. The van der Waals surface area contributed by atoms with Gasteiger partial charge < -0.3 is 4.74 Å². The zero-order valence-corrected chi connectivity index (χ0v) is 19.4. The Kier molecular flexibility index (Phi) is 7.57. The van der Waals surface area contributed by atoms with Crippen LogP contribution in [-0.4, -0.2) is 29.3 Å². The van der Waals surface area contributed by atoms with Crippen molar-refractivity contribution in [3.8, 4) is 17.7 Å². The number of carbonyl (C=O) groups is 1. The number of amides is 1. The Bertz CT molecular complexity index is 1380. The van der Waals surface area contributed by atoms with Gasteiger partial charge in [-0.25, -0.2) is 4.39 Å². The number of carbonyl (C=O) groups excluding carboxylic acids is 1. The van der Waals surface area contributed by atoms with E-state index in [2.05, 4.69) is 22.0 Å². The Morgan fingerprint density at radius 1 is 1.00 bits per heavy atom. The largest absolute Gasteiger partial charge is 0.463 e. The van der Waals surface area contributed by atoms with Gasteiger partial charge in [-0.15, -0.1) is 5.10 Å². The van der Waals surface area contributed by atoms with Gasteiger partial charge >= 0.3 is 12.4 Å². The minimum atomic E-state index is -5.15. The molecule has 0 bridgehead atoms. The van der Waals surface area contributed by atoms with Crippen LogP contribution in [0.1, 0.15) is 34.6 Å². The van der Waals surface area contributed by atoms with Gasteiger partial charge in [-0.1, -0.05) is 17.9 Å². The molecule has 5 nitrogen and oxygen atoms in total. The molecule has 1 amide bonds. The van der Waals surface area contributed by atoms with Gasteiger partial charge in [0.15, 0.2) is 6.61 Å². The van der Waals surface area contributed by atoms with Crippen LogP contribution in [0.2, 0.25) is 0 Å².